The highest BCUT2D eigenvalue weighted by atomic mass is 79.9. The van der Waals surface area contributed by atoms with Crippen LogP contribution in [0.2, 0.25) is 0 Å². The van der Waals surface area contributed by atoms with Crippen LogP contribution >= 0.6 is 90.4 Å². The maximum Gasteiger partial charge on any atom is 0.373 e. The first-order valence-electron chi connectivity index (χ1n) is 36.1. The van der Waals surface area contributed by atoms with Crippen LogP contribution in [0.5, 0.6) is 0 Å². The fraction of sp³-hybridized carbons (Fsp3) is 0.173. The standard InChI is InChI=1S/C18H16N4.C13H13N5O2.C13H14N4O2S.C12H11BrN4.C12H11FN4.C12H12N4.CO2.6ClH/c19-18-20-11-10-17(21-18)22-15-9-5-4-8-14(15)12-16(22)13-6-2-1-3-7-13;1-8-6-9-7-10(18(19)20)2-3-11(9)17(8)12-4-5-15-13(14)16-12;1-20(18,19)10-2-3-11-9(8-10)5-7-17(11)12-4-6-15-13(14)16-12;2*13-9-1-2-10-8(7-9)4-6-17(10)11-3-5-15-12(14)16-11;13-12-14-7-5-11(15-12)16-8-6-9-3-1-2-4-10(9)16;2-1-3;;;;;;/h1-11,16H,12H2,(H2,19,20,21);2-5,7-8H,6H2,1H3,(H2,14,15,16);2-4,6,8H,5,7H2,1H3,(H2,14,15,16);2*1-3,5,7H,4,6H2,(H2,14,15,16);1-5,7H,6,8H2,(H2,13,14,15);;6*1H. The Morgan fingerprint density at radius 1 is 0.413 bits per heavy atom. The molecule has 630 valence electrons. The van der Waals surface area contributed by atoms with Gasteiger partial charge in [-0.15, -0.1) is 74.4 Å². The average molecular weight is 1850 g/mol. The van der Waals surface area contributed by atoms with Crippen LogP contribution in [0.1, 0.15) is 51.9 Å². The second kappa shape index (κ2) is 43.5. The summed E-state index contributed by atoms with van der Waals surface area (Å²) in [5.74, 6) is 6.18. The molecule has 12 N–H and O–H groups in total. The summed E-state index contributed by atoms with van der Waals surface area (Å²) in [7, 11) is -3.18. The fourth-order valence-electron chi connectivity index (χ4n) is 14.4. The quantitative estimate of drug-likeness (QED) is 0.0577. The first kappa shape index (κ1) is 95.6. The first-order valence-corrected chi connectivity index (χ1v) is 38.8. The highest BCUT2D eigenvalue weighted by Crippen LogP contribution is 2.46. The van der Waals surface area contributed by atoms with Crippen molar-refractivity contribution in [3.8, 4) is 0 Å². The molecular formula is C81H83BrCl6FN25O6S. The molecule has 19 rings (SSSR count). The lowest BCUT2D eigenvalue weighted by Crippen LogP contribution is -2.25. The smallest absolute Gasteiger partial charge is 0.368 e. The van der Waals surface area contributed by atoms with Crippen molar-refractivity contribution >= 4 is 217 Å². The molecule has 0 saturated carbocycles. The van der Waals surface area contributed by atoms with Crippen molar-refractivity contribution in [1.82, 2.24) is 59.8 Å². The molecule has 0 amide bonds. The Kier molecular flexibility index (Phi) is 34.4. The Bertz CT molecular complexity index is 5770. The summed E-state index contributed by atoms with van der Waals surface area (Å²) in [4.78, 5) is 88.7. The molecule has 0 saturated heterocycles. The molecule has 7 aromatic carbocycles. The molecule has 0 radical (unpaired) electrons. The van der Waals surface area contributed by atoms with Gasteiger partial charge in [-0.2, -0.15) is 39.5 Å². The van der Waals surface area contributed by atoms with Gasteiger partial charge in [0.25, 0.3) is 5.69 Å². The topological polar surface area (TPSA) is 442 Å². The molecule has 121 heavy (non-hydrogen) atoms. The van der Waals surface area contributed by atoms with Gasteiger partial charge in [0.15, 0.2) is 9.84 Å². The number of sulfone groups is 1. The van der Waals surface area contributed by atoms with Gasteiger partial charge < -0.3 is 63.8 Å². The Morgan fingerprint density at radius 3 is 1.22 bits per heavy atom. The van der Waals surface area contributed by atoms with E-state index < -0.39 is 9.84 Å². The number of fused-ring (bicyclic) bond motifs is 6. The number of benzene rings is 7. The van der Waals surface area contributed by atoms with Crippen molar-refractivity contribution in [3.05, 3.63) is 285 Å². The van der Waals surface area contributed by atoms with E-state index in [9.17, 15) is 22.9 Å². The minimum atomic E-state index is -3.18. The molecule has 6 aliphatic heterocycles. The molecule has 0 aliphatic carbocycles. The summed E-state index contributed by atoms with van der Waals surface area (Å²) in [5, 5.41) is 10.8. The molecule has 13 aromatic rings. The van der Waals surface area contributed by atoms with Crippen LogP contribution < -0.4 is 63.8 Å². The van der Waals surface area contributed by atoms with Crippen LogP contribution in [0.25, 0.3) is 0 Å². The first-order chi connectivity index (χ1) is 55.6. The van der Waals surface area contributed by atoms with Gasteiger partial charge >= 0.3 is 6.15 Å². The van der Waals surface area contributed by atoms with Gasteiger partial charge in [0, 0.05) is 126 Å². The summed E-state index contributed by atoms with van der Waals surface area (Å²) in [6.45, 7) is 5.47. The van der Waals surface area contributed by atoms with Crippen molar-refractivity contribution in [2.45, 2.75) is 62.4 Å². The highest BCUT2D eigenvalue weighted by molar-refractivity contribution is 9.10. The summed E-state index contributed by atoms with van der Waals surface area (Å²) < 4.78 is 37.4. The zero-order valence-electron chi connectivity index (χ0n) is 64.6. The number of aromatic nitrogens is 12. The number of anilines is 18. The minimum Gasteiger partial charge on any atom is -0.368 e. The Hall–Kier alpha value is -12.5. The number of halogens is 8. The third-order valence-corrected chi connectivity index (χ3v) is 20.9. The Balaban J connectivity index is 0.000000197. The van der Waals surface area contributed by atoms with Crippen LogP contribution in [0.4, 0.5) is 115 Å². The van der Waals surface area contributed by atoms with Gasteiger partial charge in [0.05, 0.1) is 15.9 Å². The van der Waals surface area contributed by atoms with Crippen LogP contribution in [0, 0.1) is 15.9 Å². The third kappa shape index (κ3) is 23.1. The SMILES string of the molecule is CC1Cc2cc([N+](=O)[O-])ccc2N1c1ccnc(N)n1.CS(=O)(=O)c1ccc2c(c1)CCN2c1ccnc(N)n1.Cl.Cl.Cl.Cl.Cl.Cl.Nc1nccc(N2CCc3cc(Br)ccc32)n1.Nc1nccc(N2CCc3cc(F)ccc32)n1.Nc1nccc(N2CCc3ccccc32)n1.Nc1nccc(N2c3ccccc3CC2c2ccccc2)n1.O=C=O. The molecule has 2 unspecified atom stereocenters. The van der Waals surface area contributed by atoms with Gasteiger partial charge in [-0.3, -0.25) is 10.1 Å². The number of nitro groups is 1. The van der Waals surface area contributed by atoms with Gasteiger partial charge in [-0.05, 0) is 194 Å². The lowest BCUT2D eigenvalue weighted by atomic mass is 10.0. The third-order valence-electron chi connectivity index (χ3n) is 19.3. The van der Waals surface area contributed by atoms with Gasteiger partial charge in [0.1, 0.15) is 40.7 Å². The van der Waals surface area contributed by atoms with E-state index in [1.807, 2.05) is 64.1 Å². The van der Waals surface area contributed by atoms with E-state index in [0.29, 0.717) is 28.6 Å². The van der Waals surface area contributed by atoms with Crippen LogP contribution in [-0.2, 0) is 58.0 Å². The molecular weight excluding hydrogens is 1760 g/mol. The maximum atomic E-state index is 13.1. The number of nitro benzene ring substituents is 1. The maximum absolute atomic E-state index is 13.1. The molecule has 40 heteroatoms. The molecule has 31 nitrogen and oxygen atoms in total. The van der Waals surface area contributed by atoms with Crippen molar-refractivity contribution in [2.24, 2.45) is 0 Å². The van der Waals surface area contributed by atoms with E-state index in [-0.39, 0.29) is 127 Å². The number of nitrogen functional groups attached to an aromatic ring is 6. The number of hydrogen-bond donors (Lipinski definition) is 6. The van der Waals surface area contributed by atoms with E-state index in [1.165, 1.54) is 57.7 Å². The predicted molar refractivity (Wildman–Crippen MR) is 486 cm³/mol. The molecule has 0 spiro atoms. The van der Waals surface area contributed by atoms with Crippen molar-refractivity contribution < 1.29 is 27.3 Å². The van der Waals surface area contributed by atoms with Crippen LogP contribution in [0.3, 0.4) is 0 Å². The molecule has 12 heterocycles. The average Bonchev–Trinajstić information content (AvgIpc) is 1.62. The van der Waals surface area contributed by atoms with Crippen molar-refractivity contribution in [3.63, 3.8) is 0 Å². The fourth-order valence-corrected chi connectivity index (χ4v) is 15.5. The normalized spacial score (nSPS) is 14.0. The van der Waals surface area contributed by atoms with E-state index in [1.54, 1.807) is 91.8 Å². The van der Waals surface area contributed by atoms with Crippen LogP contribution in [0.15, 0.2) is 235 Å². The summed E-state index contributed by atoms with van der Waals surface area (Å²) in [6.07, 6.45) is 16.8. The molecule has 6 aliphatic rings. The zero-order valence-corrected chi connectivity index (χ0v) is 71.9. The van der Waals surface area contributed by atoms with Gasteiger partial charge in [-0.1, -0.05) is 82.7 Å². The summed E-state index contributed by atoms with van der Waals surface area (Å²) in [6, 6.07) is 59.9. The number of non-ortho nitro benzene ring substituents is 1. The minimum absolute atomic E-state index is 0. The number of nitrogens with zero attached hydrogens (tertiary/aromatic N) is 19. The van der Waals surface area contributed by atoms with Gasteiger partial charge in [0.2, 0.25) is 35.7 Å². The second-order valence-corrected chi connectivity index (χ2v) is 29.6. The lowest BCUT2D eigenvalue weighted by molar-refractivity contribution is -0.384. The van der Waals surface area contributed by atoms with Crippen LogP contribution in [-0.4, -0.2) is 118 Å². The largest absolute Gasteiger partial charge is 0.373 e. The summed E-state index contributed by atoms with van der Waals surface area (Å²) >= 11 is 3.49. The van der Waals surface area contributed by atoms with E-state index in [0.717, 1.165) is 132 Å². The van der Waals surface area contributed by atoms with Gasteiger partial charge in [-0.25, -0.2) is 42.7 Å². The zero-order chi connectivity index (χ0) is 80.9. The Labute approximate surface area is 741 Å². The number of hydrogen-bond acceptors (Lipinski definition) is 30. The Morgan fingerprint density at radius 2 is 0.769 bits per heavy atom. The lowest BCUT2D eigenvalue weighted by Gasteiger charge is -2.27. The molecule has 2 atom stereocenters. The predicted octanol–water partition coefficient (Wildman–Crippen LogP) is 14.8. The van der Waals surface area contributed by atoms with E-state index in [2.05, 4.69) is 169 Å². The second-order valence-electron chi connectivity index (χ2n) is 26.7. The number of para-hydroxylation sites is 2. The van der Waals surface area contributed by atoms with E-state index >= 15 is 0 Å². The molecule has 0 bridgehead atoms. The highest BCUT2D eigenvalue weighted by Gasteiger charge is 2.34. The molecule has 6 aromatic heterocycles. The van der Waals surface area contributed by atoms with Crippen molar-refractivity contribution in [1.29, 1.82) is 0 Å². The summed E-state index contributed by atoms with van der Waals surface area (Å²) in [5.41, 5.74) is 48.6. The van der Waals surface area contributed by atoms with E-state index in [4.69, 9.17) is 44.0 Å². The number of nitrogens with two attached hydrogens (primary N) is 6. The van der Waals surface area contributed by atoms with Crippen molar-refractivity contribution in [2.75, 3.05) is 96.2 Å². The number of carbonyl (C=O) groups excluding carboxylic acids is 2. The molecule has 0 fully saturated rings. The number of rotatable bonds is 9. The monoisotopic (exact) mass is 1840 g/mol.